The zero-order valence-electron chi connectivity index (χ0n) is 10.9. The van der Waals surface area contributed by atoms with Crippen LogP contribution in [0.2, 0.25) is 0 Å². The molecular formula is C15H21NO. The first-order chi connectivity index (χ1) is 8.13. The van der Waals surface area contributed by atoms with Crippen molar-refractivity contribution in [3.63, 3.8) is 0 Å². The van der Waals surface area contributed by atoms with Crippen LogP contribution in [-0.4, -0.2) is 12.1 Å². The summed E-state index contributed by atoms with van der Waals surface area (Å²) in [5.74, 6) is 7.00. The first kappa shape index (κ1) is 13.6. The molecule has 2 heteroatoms. The summed E-state index contributed by atoms with van der Waals surface area (Å²) in [6.07, 6.45) is 2.14. The Morgan fingerprint density at radius 3 is 2.65 bits per heavy atom. The van der Waals surface area contributed by atoms with Crippen molar-refractivity contribution in [1.82, 2.24) is 0 Å². The Bertz CT molecular complexity index is 401. The van der Waals surface area contributed by atoms with Gasteiger partial charge in [-0.2, -0.15) is 0 Å². The topological polar surface area (TPSA) is 35.2 Å². The predicted octanol–water partition coefficient (Wildman–Crippen LogP) is 2.95. The summed E-state index contributed by atoms with van der Waals surface area (Å²) in [5.41, 5.74) is 6.78. The number of nitrogens with two attached hydrogens (primary N) is 1. The molecule has 0 aromatic heterocycles. The van der Waals surface area contributed by atoms with E-state index in [0.29, 0.717) is 0 Å². The average Bonchev–Trinajstić information content (AvgIpc) is 2.27. The van der Waals surface area contributed by atoms with E-state index in [4.69, 9.17) is 10.5 Å². The fourth-order valence-corrected chi connectivity index (χ4v) is 1.48. The Kier molecular flexibility index (Phi) is 5.59. The lowest BCUT2D eigenvalue weighted by Crippen LogP contribution is -2.16. The highest BCUT2D eigenvalue weighted by Gasteiger charge is 2.02. The molecular weight excluding hydrogens is 210 g/mol. The van der Waals surface area contributed by atoms with E-state index in [1.54, 1.807) is 0 Å². The number of benzene rings is 1. The molecule has 1 aromatic rings. The van der Waals surface area contributed by atoms with Gasteiger partial charge < -0.3 is 10.5 Å². The molecule has 1 unspecified atom stereocenters. The monoisotopic (exact) mass is 231 g/mol. The lowest BCUT2D eigenvalue weighted by Gasteiger charge is -2.11. The second-order valence-corrected chi connectivity index (χ2v) is 4.33. The van der Waals surface area contributed by atoms with Crippen LogP contribution in [0, 0.1) is 11.8 Å². The number of para-hydroxylation sites is 1. The summed E-state index contributed by atoms with van der Waals surface area (Å²) in [5, 5.41) is 0. The van der Waals surface area contributed by atoms with E-state index >= 15 is 0 Å². The van der Waals surface area contributed by atoms with Crippen molar-refractivity contribution in [2.45, 2.75) is 45.8 Å². The van der Waals surface area contributed by atoms with Crippen molar-refractivity contribution >= 4 is 0 Å². The van der Waals surface area contributed by atoms with Gasteiger partial charge in [-0.25, -0.2) is 0 Å². The maximum atomic E-state index is 5.87. The summed E-state index contributed by atoms with van der Waals surface area (Å²) >= 11 is 0. The van der Waals surface area contributed by atoms with Crippen molar-refractivity contribution in [3.8, 4) is 17.6 Å². The SMILES string of the molecule is CCCC(N)C#Cc1ccccc1OC(C)C. The lowest BCUT2D eigenvalue weighted by atomic mass is 10.1. The van der Waals surface area contributed by atoms with Crippen LogP contribution in [0.25, 0.3) is 0 Å². The van der Waals surface area contributed by atoms with E-state index in [1.807, 2.05) is 38.1 Å². The van der Waals surface area contributed by atoms with Crippen molar-refractivity contribution < 1.29 is 4.74 Å². The van der Waals surface area contributed by atoms with Crippen molar-refractivity contribution in [2.24, 2.45) is 5.73 Å². The largest absolute Gasteiger partial charge is 0.490 e. The number of rotatable bonds is 4. The third-order valence-electron chi connectivity index (χ3n) is 2.24. The van der Waals surface area contributed by atoms with Gasteiger partial charge in [0.15, 0.2) is 0 Å². The molecule has 2 N–H and O–H groups in total. The molecule has 0 fully saturated rings. The highest BCUT2D eigenvalue weighted by atomic mass is 16.5. The van der Waals surface area contributed by atoms with Gasteiger partial charge in [0.2, 0.25) is 0 Å². The normalized spacial score (nSPS) is 11.8. The molecule has 0 saturated heterocycles. The molecule has 0 aliphatic heterocycles. The summed E-state index contributed by atoms with van der Waals surface area (Å²) in [6, 6.07) is 7.77. The summed E-state index contributed by atoms with van der Waals surface area (Å²) < 4.78 is 5.69. The third-order valence-corrected chi connectivity index (χ3v) is 2.24. The molecule has 0 heterocycles. The minimum atomic E-state index is -0.0490. The van der Waals surface area contributed by atoms with Gasteiger partial charge in [-0.3, -0.25) is 0 Å². The van der Waals surface area contributed by atoms with Gasteiger partial charge in [0.25, 0.3) is 0 Å². The maximum Gasteiger partial charge on any atom is 0.135 e. The van der Waals surface area contributed by atoms with Crippen molar-refractivity contribution in [3.05, 3.63) is 29.8 Å². The number of hydrogen-bond donors (Lipinski definition) is 1. The van der Waals surface area contributed by atoms with Gasteiger partial charge in [-0.1, -0.05) is 37.3 Å². The molecule has 2 nitrogen and oxygen atoms in total. The Hall–Kier alpha value is -1.46. The number of ether oxygens (including phenoxy) is 1. The van der Waals surface area contributed by atoms with Crippen LogP contribution in [0.4, 0.5) is 0 Å². The van der Waals surface area contributed by atoms with Gasteiger partial charge in [0, 0.05) is 0 Å². The van der Waals surface area contributed by atoms with Gasteiger partial charge in [-0.05, 0) is 32.4 Å². The Balaban J connectivity index is 2.82. The first-order valence-electron chi connectivity index (χ1n) is 6.16. The van der Waals surface area contributed by atoms with Gasteiger partial charge >= 0.3 is 0 Å². The Labute approximate surface area is 104 Å². The van der Waals surface area contributed by atoms with Crippen LogP contribution in [-0.2, 0) is 0 Å². The van der Waals surface area contributed by atoms with E-state index in [1.165, 1.54) is 0 Å². The highest BCUT2D eigenvalue weighted by Crippen LogP contribution is 2.18. The van der Waals surface area contributed by atoms with E-state index in [0.717, 1.165) is 24.2 Å². The molecule has 1 atom stereocenters. The van der Waals surface area contributed by atoms with Gasteiger partial charge in [-0.15, -0.1) is 0 Å². The molecule has 17 heavy (non-hydrogen) atoms. The second kappa shape index (κ2) is 6.98. The van der Waals surface area contributed by atoms with E-state index in [2.05, 4.69) is 18.8 Å². The van der Waals surface area contributed by atoms with Crippen molar-refractivity contribution in [2.75, 3.05) is 0 Å². The Morgan fingerprint density at radius 1 is 1.29 bits per heavy atom. The zero-order valence-corrected chi connectivity index (χ0v) is 10.9. The molecule has 0 bridgehead atoms. The van der Waals surface area contributed by atoms with Gasteiger partial charge in [0.05, 0.1) is 17.7 Å². The number of hydrogen-bond acceptors (Lipinski definition) is 2. The minimum absolute atomic E-state index is 0.0490. The lowest BCUT2D eigenvalue weighted by molar-refractivity contribution is 0.242. The van der Waals surface area contributed by atoms with Gasteiger partial charge in [0.1, 0.15) is 5.75 Å². The van der Waals surface area contributed by atoms with Crippen molar-refractivity contribution in [1.29, 1.82) is 0 Å². The smallest absolute Gasteiger partial charge is 0.135 e. The molecule has 0 amide bonds. The van der Waals surface area contributed by atoms with Crippen LogP contribution < -0.4 is 10.5 Å². The summed E-state index contributed by atoms with van der Waals surface area (Å²) in [4.78, 5) is 0. The van der Waals surface area contributed by atoms with E-state index in [-0.39, 0.29) is 12.1 Å². The minimum Gasteiger partial charge on any atom is -0.490 e. The molecule has 1 rings (SSSR count). The molecule has 0 aliphatic rings. The molecule has 0 saturated carbocycles. The highest BCUT2D eigenvalue weighted by molar-refractivity contribution is 5.46. The van der Waals surface area contributed by atoms with Crippen LogP contribution in [0.5, 0.6) is 5.75 Å². The fourth-order valence-electron chi connectivity index (χ4n) is 1.48. The first-order valence-corrected chi connectivity index (χ1v) is 6.16. The molecule has 1 aromatic carbocycles. The predicted molar refractivity (Wildman–Crippen MR) is 72.0 cm³/mol. The van der Waals surface area contributed by atoms with E-state index < -0.39 is 0 Å². The second-order valence-electron chi connectivity index (χ2n) is 4.33. The molecule has 0 radical (unpaired) electrons. The Morgan fingerprint density at radius 2 is 2.00 bits per heavy atom. The summed E-state index contributed by atoms with van der Waals surface area (Å²) in [6.45, 7) is 6.12. The molecule has 0 spiro atoms. The zero-order chi connectivity index (χ0) is 12.7. The fraction of sp³-hybridized carbons (Fsp3) is 0.467. The molecule has 92 valence electrons. The maximum absolute atomic E-state index is 5.87. The third kappa shape index (κ3) is 4.93. The van der Waals surface area contributed by atoms with E-state index in [9.17, 15) is 0 Å². The molecule has 0 aliphatic carbocycles. The van der Waals surface area contributed by atoms with Crippen LogP contribution in [0.1, 0.15) is 39.2 Å². The quantitative estimate of drug-likeness (QED) is 0.809. The van der Waals surface area contributed by atoms with Crippen LogP contribution >= 0.6 is 0 Å². The van der Waals surface area contributed by atoms with Crippen LogP contribution in [0.3, 0.4) is 0 Å². The average molecular weight is 231 g/mol. The summed E-state index contributed by atoms with van der Waals surface area (Å²) in [7, 11) is 0. The van der Waals surface area contributed by atoms with Crippen LogP contribution in [0.15, 0.2) is 24.3 Å². The standard InChI is InChI=1S/C15H21NO/c1-4-7-14(16)11-10-13-8-5-6-9-15(13)17-12(2)3/h5-6,8-9,12,14H,4,7,16H2,1-3H3.